The number of hydrogen-bond acceptors (Lipinski definition) is 3. The van der Waals surface area contributed by atoms with Crippen LogP contribution in [-0.2, 0) is 15.1 Å². The van der Waals surface area contributed by atoms with Gasteiger partial charge in [-0.3, -0.25) is 9.59 Å². The molecule has 2 aromatic rings. The molecule has 1 atom stereocenters. The minimum absolute atomic E-state index is 0.0507. The quantitative estimate of drug-likeness (QED) is 0.701. The third-order valence-electron chi connectivity index (χ3n) is 4.83. The van der Waals surface area contributed by atoms with Gasteiger partial charge in [0.1, 0.15) is 0 Å². The van der Waals surface area contributed by atoms with Gasteiger partial charge in [0, 0.05) is 17.2 Å². The monoisotopic (exact) mass is 366 g/mol. The molecule has 0 bridgehead atoms. The second-order valence-corrected chi connectivity index (χ2v) is 6.73. The van der Waals surface area contributed by atoms with E-state index in [1.807, 2.05) is 0 Å². The molecule has 2 aromatic carbocycles. The Balaban J connectivity index is 1.83. The van der Waals surface area contributed by atoms with Crippen LogP contribution >= 0.6 is 0 Å². The number of nitrogens with one attached hydrogen (secondary N) is 2. The number of carboxylic acid groups (broad SMARTS) is 1. The lowest BCUT2D eigenvalue weighted by Crippen LogP contribution is -2.51. The maximum absolute atomic E-state index is 12.8. The number of carbonyl (C=O) groups is 3. The van der Waals surface area contributed by atoms with Crippen molar-refractivity contribution >= 4 is 23.5 Å². The summed E-state index contributed by atoms with van der Waals surface area (Å²) in [5.74, 6) is -1.63. The van der Waals surface area contributed by atoms with Gasteiger partial charge in [-0.1, -0.05) is 43.3 Å². The van der Waals surface area contributed by atoms with E-state index in [0.29, 0.717) is 16.8 Å². The lowest BCUT2D eigenvalue weighted by molar-refractivity contribution is -0.145. The van der Waals surface area contributed by atoms with Gasteiger partial charge in [-0.15, -0.1) is 0 Å². The molecule has 0 radical (unpaired) electrons. The minimum atomic E-state index is -1.52. The van der Waals surface area contributed by atoms with Crippen molar-refractivity contribution in [3.05, 3.63) is 65.7 Å². The second-order valence-electron chi connectivity index (χ2n) is 6.73. The predicted octanol–water partition coefficient (Wildman–Crippen LogP) is 3.16. The molecule has 1 aliphatic rings. The molecule has 0 heterocycles. The van der Waals surface area contributed by atoms with E-state index in [0.717, 1.165) is 12.8 Å². The van der Waals surface area contributed by atoms with Crippen LogP contribution in [0.3, 0.4) is 0 Å². The van der Waals surface area contributed by atoms with Crippen molar-refractivity contribution in [2.45, 2.75) is 31.7 Å². The number of carboxylic acids is 1. The fraction of sp³-hybridized carbons (Fsp3) is 0.286. The summed E-state index contributed by atoms with van der Waals surface area (Å²) in [5, 5.41) is 15.3. The average molecular weight is 366 g/mol. The lowest BCUT2D eigenvalue weighted by Gasteiger charge is -2.30. The fourth-order valence-electron chi connectivity index (χ4n) is 3.01. The topological polar surface area (TPSA) is 95.5 Å². The predicted molar refractivity (Wildman–Crippen MR) is 101 cm³/mol. The summed E-state index contributed by atoms with van der Waals surface area (Å²) >= 11 is 0. The van der Waals surface area contributed by atoms with E-state index >= 15 is 0 Å². The standard InChI is InChI=1S/C21H22N2O4/c1-2-21(20(26)27,16-8-4-3-5-9-16)23-19(25)15-7-6-10-17(13-15)22-18(24)14-11-12-14/h3-10,13-14H,2,11-12H2,1H3,(H,22,24)(H,23,25)(H,26,27). The first-order valence-electron chi connectivity index (χ1n) is 8.98. The number of rotatable bonds is 7. The summed E-state index contributed by atoms with van der Waals surface area (Å²) in [5.41, 5.74) is -0.201. The highest BCUT2D eigenvalue weighted by Gasteiger charge is 2.40. The number of benzene rings is 2. The largest absolute Gasteiger partial charge is 0.479 e. The van der Waals surface area contributed by atoms with Crippen LogP contribution < -0.4 is 10.6 Å². The molecule has 140 valence electrons. The highest BCUT2D eigenvalue weighted by molar-refractivity contribution is 6.00. The van der Waals surface area contributed by atoms with Crippen LogP contribution in [0.1, 0.15) is 42.1 Å². The van der Waals surface area contributed by atoms with Gasteiger partial charge in [0.2, 0.25) is 5.91 Å². The summed E-state index contributed by atoms with van der Waals surface area (Å²) in [7, 11) is 0. The Morgan fingerprint density at radius 3 is 2.37 bits per heavy atom. The van der Waals surface area contributed by atoms with Gasteiger partial charge < -0.3 is 15.7 Å². The first kappa shape index (κ1) is 18.6. The van der Waals surface area contributed by atoms with Crippen molar-refractivity contribution in [3.63, 3.8) is 0 Å². The first-order chi connectivity index (χ1) is 13.0. The van der Waals surface area contributed by atoms with E-state index in [9.17, 15) is 19.5 Å². The van der Waals surface area contributed by atoms with Gasteiger partial charge in [-0.25, -0.2) is 4.79 Å². The van der Waals surface area contributed by atoms with E-state index in [4.69, 9.17) is 0 Å². The normalized spacial score (nSPS) is 15.4. The number of hydrogen-bond donors (Lipinski definition) is 3. The van der Waals surface area contributed by atoms with Crippen molar-refractivity contribution < 1.29 is 19.5 Å². The summed E-state index contributed by atoms with van der Waals surface area (Å²) in [6, 6.07) is 15.2. The van der Waals surface area contributed by atoms with Crippen molar-refractivity contribution in [2.75, 3.05) is 5.32 Å². The molecular formula is C21H22N2O4. The van der Waals surface area contributed by atoms with Crippen molar-refractivity contribution in [3.8, 4) is 0 Å². The molecule has 3 rings (SSSR count). The zero-order chi connectivity index (χ0) is 19.4. The van der Waals surface area contributed by atoms with E-state index in [1.54, 1.807) is 61.5 Å². The Labute approximate surface area is 157 Å². The van der Waals surface area contributed by atoms with Crippen LogP contribution in [0.2, 0.25) is 0 Å². The third-order valence-corrected chi connectivity index (χ3v) is 4.83. The Kier molecular flexibility index (Phi) is 5.26. The highest BCUT2D eigenvalue weighted by atomic mass is 16.4. The Morgan fingerprint density at radius 2 is 1.78 bits per heavy atom. The van der Waals surface area contributed by atoms with Gasteiger partial charge >= 0.3 is 5.97 Å². The van der Waals surface area contributed by atoms with E-state index in [1.165, 1.54) is 0 Å². The number of amides is 2. The third kappa shape index (κ3) is 4.00. The zero-order valence-electron chi connectivity index (χ0n) is 15.1. The second kappa shape index (κ2) is 7.61. The van der Waals surface area contributed by atoms with Crippen molar-refractivity contribution in [1.29, 1.82) is 0 Å². The molecule has 0 saturated heterocycles. The van der Waals surface area contributed by atoms with E-state index < -0.39 is 17.4 Å². The smallest absolute Gasteiger partial charge is 0.334 e. The molecule has 0 aliphatic heterocycles. The van der Waals surface area contributed by atoms with Gasteiger partial charge in [0.05, 0.1) is 0 Å². The average Bonchev–Trinajstić information content (AvgIpc) is 3.52. The molecule has 1 saturated carbocycles. The SMILES string of the molecule is CCC(NC(=O)c1cccc(NC(=O)C2CC2)c1)(C(=O)O)c1ccccc1. The zero-order valence-corrected chi connectivity index (χ0v) is 15.1. The number of anilines is 1. The van der Waals surface area contributed by atoms with Crippen LogP contribution in [-0.4, -0.2) is 22.9 Å². The molecule has 6 heteroatoms. The number of aliphatic carboxylic acids is 1. The molecule has 2 amide bonds. The first-order valence-corrected chi connectivity index (χ1v) is 8.98. The molecule has 0 aromatic heterocycles. The van der Waals surface area contributed by atoms with Gasteiger partial charge in [-0.05, 0) is 43.0 Å². The maximum atomic E-state index is 12.8. The highest BCUT2D eigenvalue weighted by Crippen LogP contribution is 2.30. The summed E-state index contributed by atoms with van der Waals surface area (Å²) in [4.78, 5) is 36.8. The van der Waals surface area contributed by atoms with Crippen molar-refractivity contribution in [1.82, 2.24) is 5.32 Å². The van der Waals surface area contributed by atoms with Crippen molar-refractivity contribution in [2.24, 2.45) is 5.92 Å². The van der Waals surface area contributed by atoms with Gasteiger partial charge in [-0.2, -0.15) is 0 Å². The molecule has 1 aliphatic carbocycles. The fourth-order valence-corrected chi connectivity index (χ4v) is 3.01. The lowest BCUT2D eigenvalue weighted by atomic mass is 9.87. The molecule has 27 heavy (non-hydrogen) atoms. The van der Waals surface area contributed by atoms with Crippen LogP contribution in [0.4, 0.5) is 5.69 Å². The maximum Gasteiger partial charge on any atom is 0.334 e. The Hall–Kier alpha value is -3.15. The Bertz CT molecular complexity index is 861. The molecule has 1 unspecified atom stereocenters. The number of carbonyl (C=O) groups excluding carboxylic acids is 2. The summed E-state index contributed by atoms with van der Waals surface area (Å²) in [6.45, 7) is 1.72. The summed E-state index contributed by atoms with van der Waals surface area (Å²) < 4.78 is 0. The van der Waals surface area contributed by atoms with Gasteiger partial charge in [0.15, 0.2) is 5.54 Å². The van der Waals surface area contributed by atoms with Crippen LogP contribution in [0.5, 0.6) is 0 Å². The van der Waals surface area contributed by atoms with E-state index in [2.05, 4.69) is 10.6 Å². The van der Waals surface area contributed by atoms with Crippen LogP contribution in [0.15, 0.2) is 54.6 Å². The van der Waals surface area contributed by atoms with Gasteiger partial charge in [0.25, 0.3) is 5.91 Å². The molecule has 3 N–H and O–H groups in total. The molecule has 6 nitrogen and oxygen atoms in total. The molecule has 0 spiro atoms. The molecular weight excluding hydrogens is 344 g/mol. The van der Waals surface area contributed by atoms with Crippen LogP contribution in [0.25, 0.3) is 0 Å². The molecule has 1 fully saturated rings. The van der Waals surface area contributed by atoms with Crippen LogP contribution in [0, 0.1) is 5.92 Å². The Morgan fingerprint density at radius 1 is 1.07 bits per heavy atom. The summed E-state index contributed by atoms with van der Waals surface area (Å²) in [6.07, 6.45) is 1.97. The van der Waals surface area contributed by atoms with E-state index in [-0.39, 0.29) is 18.2 Å². The minimum Gasteiger partial charge on any atom is -0.479 e.